The van der Waals surface area contributed by atoms with Gasteiger partial charge in [0.15, 0.2) is 11.5 Å². The zero-order valence-corrected chi connectivity index (χ0v) is 23.9. The highest BCUT2D eigenvalue weighted by molar-refractivity contribution is 5.76. The molecule has 1 rings (SSSR count). The summed E-state index contributed by atoms with van der Waals surface area (Å²) in [5, 5.41) is 3.01. The van der Waals surface area contributed by atoms with Gasteiger partial charge in [-0.05, 0) is 57.2 Å². The first-order chi connectivity index (χ1) is 18.6. The number of carbonyl (C=O) groups excluding carboxylic acids is 4. The van der Waals surface area contributed by atoms with E-state index >= 15 is 0 Å². The molecule has 0 amide bonds. The van der Waals surface area contributed by atoms with Crippen LogP contribution in [0.2, 0.25) is 0 Å². The first-order valence-corrected chi connectivity index (χ1v) is 13.5. The van der Waals surface area contributed by atoms with E-state index in [0.717, 1.165) is 12.8 Å². The summed E-state index contributed by atoms with van der Waals surface area (Å²) >= 11 is 0. The van der Waals surface area contributed by atoms with Gasteiger partial charge in [0, 0.05) is 13.0 Å². The minimum absolute atomic E-state index is 0.0436. The van der Waals surface area contributed by atoms with Crippen LogP contribution >= 0.6 is 0 Å². The lowest BCUT2D eigenvalue weighted by atomic mass is 10.1. The van der Waals surface area contributed by atoms with Crippen molar-refractivity contribution in [2.45, 2.75) is 97.8 Å². The largest absolute Gasteiger partial charge is 0.514 e. The van der Waals surface area contributed by atoms with Crippen molar-refractivity contribution in [2.24, 2.45) is 0 Å². The normalized spacial score (nSPS) is 13.0. The number of methoxy groups -OCH3 is 1. The fourth-order valence-electron chi connectivity index (χ4n) is 3.62. The summed E-state index contributed by atoms with van der Waals surface area (Å²) in [7, 11) is 1.27. The molecule has 39 heavy (non-hydrogen) atoms. The van der Waals surface area contributed by atoms with Crippen LogP contribution in [-0.4, -0.2) is 62.8 Å². The van der Waals surface area contributed by atoms with E-state index in [9.17, 15) is 19.2 Å². The zero-order chi connectivity index (χ0) is 29.2. The van der Waals surface area contributed by atoms with E-state index in [2.05, 4.69) is 5.32 Å². The van der Waals surface area contributed by atoms with Gasteiger partial charge in [-0.2, -0.15) is 0 Å². The summed E-state index contributed by atoms with van der Waals surface area (Å²) < 4.78 is 31.2. The van der Waals surface area contributed by atoms with Crippen molar-refractivity contribution in [3.63, 3.8) is 0 Å². The molecule has 1 N–H and O–H groups in total. The van der Waals surface area contributed by atoms with Gasteiger partial charge in [0.2, 0.25) is 0 Å². The molecule has 11 heteroatoms. The maximum Gasteiger partial charge on any atom is 0.514 e. The topological polar surface area (TPSA) is 136 Å². The van der Waals surface area contributed by atoms with Crippen molar-refractivity contribution in [3.8, 4) is 11.5 Å². The van der Waals surface area contributed by atoms with Crippen molar-refractivity contribution in [1.29, 1.82) is 0 Å². The highest BCUT2D eigenvalue weighted by Crippen LogP contribution is 2.30. The summed E-state index contributed by atoms with van der Waals surface area (Å²) in [6.45, 7) is 9.63. The van der Waals surface area contributed by atoms with Gasteiger partial charge in [-0.1, -0.05) is 39.7 Å². The Morgan fingerprint density at radius 1 is 0.846 bits per heavy atom. The fraction of sp³-hybridized carbons (Fsp3) is 0.643. The Morgan fingerprint density at radius 2 is 1.44 bits per heavy atom. The SMILES string of the molecule is CCCC(=O)OCCN[C@@H](Cc1ccc(OC(=O)OC(C)CCC)c(OC(=O)OC(C)CCC)c1)C(=O)OC. The molecule has 0 aromatic heterocycles. The number of carbonyl (C=O) groups is 4. The Morgan fingerprint density at radius 3 is 1.97 bits per heavy atom. The Labute approximate surface area is 230 Å². The highest BCUT2D eigenvalue weighted by atomic mass is 16.7. The Kier molecular flexibility index (Phi) is 16.3. The molecular weight excluding hydrogens is 510 g/mol. The van der Waals surface area contributed by atoms with Crippen molar-refractivity contribution in [1.82, 2.24) is 5.32 Å². The average molecular weight is 554 g/mol. The van der Waals surface area contributed by atoms with E-state index < -0.39 is 24.3 Å². The second-order valence-electron chi connectivity index (χ2n) is 9.12. The molecule has 0 heterocycles. The first-order valence-electron chi connectivity index (χ1n) is 13.5. The Hall–Kier alpha value is -3.34. The van der Waals surface area contributed by atoms with Crippen LogP contribution in [0.25, 0.3) is 0 Å². The summed E-state index contributed by atoms with van der Waals surface area (Å²) in [5.74, 6) is -0.954. The molecule has 11 nitrogen and oxygen atoms in total. The molecule has 0 saturated heterocycles. The maximum absolute atomic E-state index is 12.4. The van der Waals surface area contributed by atoms with Crippen LogP contribution in [0.15, 0.2) is 18.2 Å². The number of benzene rings is 1. The number of hydrogen-bond acceptors (Lipinski definition) is 11. The number of rotatable bonds is 17. The zero-order valence-electron chi connectivity index (χ0n) is 23.9. The van der Waals surface area contributed by atoms with Crippen molar-refractivity contribution >= 4 is 24.2 Å². The quantitative estimate of drug-likeness (QED) is 0.119. The molecule has 0 fully saturated rings. The van der Waals surface area contributed by atoms with Gasteiger partial charge < -0.3 is 33.7 Å². The Bertz CT molecular complexity index is 920. The van der Waals surface area contributed by atoms with Crippen molar-refractivity contribution in [2.75, 3.05) is 20.3 Å². The van der Waals surface area contributed by atoms with Gasteiger partial charge >= 0.3 is 24.2 Å². The van der Waals surface area contributed by atoms with Crippen LogP contribution in [0.3, 0.4) is 0 Å². The van der Waals surface area contributed by atoms with Gasteiger partial charge in [0.25, 0.3) is 0 Å². The molecule has 1 aromatic rings. The van der Waals surface area contributed by atoms with E-state index in [-0.39, 0.29) is 49.2 Å². The summed E-state index contributed by atoms with van der Waals surface area (Å²) in [5.41, 5.74) is 0.574. The molecule has 0 spiro atoms. The lowest BCUT2D eigenvalue weighted by molar-refractivity contribution is -0.144. The van der Waals surface area contributed by atoms with Crippen LogP contribution in [0.5, 0.6) is 11.5 Å². The van der Waals surface area contributed by atoms with Crippen LogP contribution in [0, 0.1) is 0 Å². The second kappa shape index (κ2) is 18.8. The predicted octanol–water partition coefficient (Wildman–Crippen LogP) is 5.11. The van der Waals surface area contributed by atoms with E-state index in [1.807, 2.05) is 20.8 Å². The van der Waals surface area contributed by atoms with Crippen molar-refractivity contribution < 1.29 is 47.6 Å². The maximum atomic E-state index is 12.4. The number of ether oxygens (including phenoxy) is 6. The Balaban J connectivity index is 3.05. The molecule has 3 atom stereocenters. The first kappa shape index (κ1) is 33.7. The van der Waals surface area contributed by atoms with E-state index in [1.165, 1.54) is 19.2 Å². The van der Waals surface area contributed by atoms with Crippen molar-refractivity contribution in [3.05, 3.63) is 23.8 Å². The van der Waals surface area contributed by atoms with Gasteiger partial charge in [-0.15, -0.1) is 0 Å². The van der Waals surface area contributed by atoms with E-state index in [0.29, 0.717) is 31.2 Å². The van der Waals surface area contributed by atoms with Crippen LogP contribution in [0.1, 0.15) is 78.7 Å². The molecule has 220 valence electrons. The number of esters is 2. The molecule has 0 aliphatic carbocycles. The lowest BCUT2D eigenvalue weighted by Crippen LogP contribution is -2.41. The summed E-state index contributed by atoms with van der Waals surface area (Å²) in [6, 6.07) is 3.76. The third-order valence-electron chi connectivity index (χ3n) is 5.52. The highest BCUT2D eigenvalue weighted by Gasteiger charge is 2.23. The van der Waals surface area contributed by atoms with Gasteiger partial charge in [0.1, 0.15) is 24.9 Å². The monoisotopic (exact) mass is 553 g/mol. The van der Waals surface area contributed by atoms with E-state index in [4.69, 9.17) is 28.4 Å². The number of hydrogen-bond donors (Lipinski definition) is 1. The molecule has 0 aliphatic rings. The molecule has 2 unspecified atom stereocenters. The van der Waals surface area contributed by atoms with Crippen LogP contribution < -0.4 is 14.8 Å². The lowest BCUT2D eigenvalue weighted by Gasteiger charge is -2.18. The van der Waals surface area contributed by atoms with Gasteiger partial charge in [-0.3, -0.25) is 9.59 Å². The molecule has 0 radical (unpaired) electrons. The second-order valence-corrected chi connectivity index (χ2v) is 9.12. The van der Waals surface area contributed by atoms with Gasteiger partial charge in [0.05, 0.1) is 7.11 Å². The minimum Gasteiger partial charge on any atom is -0.468 e. The standard InChI is InChI=1S/C28H43NO10/c1-7-10-19(4)36-27(32)38-23-14-13-21(18-24(23)39-28(33)37-20(5)11-8-2)17-22(26(31)34-6)29-15-16-35-25(30)12-9-3/h13-14,18-20,22,29H,7-12,15-17H2,1-6H3/t19?,20?,22-/m0/s1. The molecule has 0 bridgehead atoms. The summed E-state index contributed by atoms with van der Waals surface area (Å²) in [6.07, 6.45) is 1.51. The number of nitrogens with one attached hydrogen (secondary N) is 1. The molecule has 0 saturated carbocycles. The smallest absolute Gasteiger partial charge is 0.468 e. The average Bonchev–Trinajstić information content (AvgIpc) is 2.87. The molecule has 0 aliphatic heterocycles. The van der Waals surface area contributed by atoms with E-state index in [1.54, 1.807) is 19.9 Å². The third kappa shape index (κ3) is 13.9. The minimum atomic E-state index is -0.956. The predicted molar refractivity (Wildman–Crippen MR) is 143 cm³/mol. The third-order valence-corrected chi connectivity index (χ3v) is 5.52. The summed E-state index contributed by atoms with van der Waals surface area (Å²) in [4.78, 5) is 48.7. The fourth-order valence-corrected chi connectivity index (χ4v) is 3.62. The molecular formula is C28H43NO10. The van der Waals surface area contributed by atoms with Crippen LogP contribution in [-0.2, 0) is 35.0 Å². The van der Waals surface area contributed by atoms with Crippen LogP contribution in [0.4, 0.5) is 9.59 Å². The molecule has 1 aromatic carbocycles. The van der Waals surface area contributed by atoms with Gasteiger partial charge in [-0.25, -0.2) is 9.59 Å².